The minimum Gasteiger partial charge on any atom is -0.497 e. The van der Waals surface area contributed by atoms with Crippen LogP contribution in [-0.2, 0) is 6.54 Å². The Morgan fingerprint density at radius 3 is 2.73 bits per heavy atom. The summed E-state index contributed by atoms with van der Waals surface area (Å²) in [6.45, 7) is 0.704. The van der Waals surface area contributed by atoms with Gasteiger partial charge in [-0.2, -0.15) is 0 Å². The van der Waals surface area contributed by atoms with Crippen LogP contribution < -0.4 is 10.1 Å². The Bertz CT molecular complexity index is 395. The molecule has 4 nitrogen and oxygen atoms in total. The van der Waals surface area contributed by atoms with Gasteiger partial charge in [0.15, 0.2) is 0 Å². The molecule has 0 saturated heterocycles. The fourth-order valence-electron chi connectivity index (χ4n) is 1.23. The van der Waals surface area contributed by atoms with Crippen molar-refractivity contribution >= 4 is 5.69 Å². The molecule has 0 bridgehead atoms. The van der Waals surface area contributed by atoms with Crippen LogP contribution >= 0.6 is 0 Å². The third kappa shape index (κ3) is 2.49. The smallest absolute Gasteiger partial charge is 0.128 e. The normalized spacial score (nSPS) is 9.93. The van der Waals surface area contributed by atoms with E-state index in [-0.39, 0.29) is 0 Å². The van der Waals surface area contributed by atoms with E-state index in [9.17, 15) is 0 Å². The van der Waals surface area contributed by atoms with Crippen molar-refractivity contribution in [1.82, 2.24) is 5.16 Å². The van der Waals surface area contributed by atoms with Gasteiger partial charge in [-0.25, -0.2) is 0 Å². The Balaban J connectivity index is 1.93. The molecule has 0 saturated carbocycles. The summed E-state index contributed by atoms with van der Waals surface area (Å²) in [7, 11) is 1.65. The molecule has 0 spiro atoms. The highest BCUT2D eigenvalue weighted by Gasteiger charge is 1.96. The molecule has 1 N–H and O–H groups in total. The number of rotatable bonds is 4. The summed E-state index contributed by atoms with van der Waals surface area (Å²) >= 11 is 0. The van der Waals surface area contributed by atoms with Gasteiger partial charge in [-0.15, -0.1) is 0 Å². The fourth-order valence-corrected chi connectivity index (χ4v) is 1.23. The van der Waals surface area contributed by atoms with Crippen LogP contribution in [0.15, 0.2) is 41.2 Å². The van der Waals surface area contributed by atoms with Crippen LogP contribution in [0.1, 0.15) is 5.56 Å². The van der Waals surface area contributed by atoms with E-state index in [1.54, 1.807) is 19.6 Å². The maximum atomic E-state index is 5.07. The van der Waals surface area contributed by atoms with E-state index in [4.69, 9.17) is 9.26 Å². The van der Waals surface area contributed by atoms with Gasteiger partial charge in [0.1, 0.15) is 12.0 Å². The van der Waals surface area contributed by atoms with E-state index in [2.05, 4.69) is 10.5 Å². The van der Waals surface area contributed by atoms with E-state index in [0.29, 0.717) is 6.54 Å². The molecule has 1 heterocycles. The lowest BCUT2D eigenvalue weighted by atomic mass is 10.3. The fraction of sp³-hybridized carbons (Fsp3) is 0.182. The number of nitrogens with one attached hydrogen (secondary N) is 1. The molecule has 0 atom stereocenters. The zero-order valence-electron chi connectivity index (χ0n) is 8.43. The summed E-state index contributed by atoms with van der Waals surface area (Å²) < 4.78 is 9.80. The standard InChI is InChI=1S/C11H12N2O2/c1-14-11-4-2-10(3-5-11)12-6-9-7-13-15-8-9/h2-5,7-8,12H,6H2,1H3. The maximum absolute atomic E-state index is 5.07. The molecule has 2 rings (SSSR count). The summed E-state index contributed by atoms with van der Waals surface area (Å²) in [5, 5.41) is 6.87. The second-order valence-corrected chi connectivity index (χ2v) is 3.11. The topological polar surface area (TPSA) is 47.3 Å². The van der Waals surface area contributed by atoms with Crippen molar-refractivity contribution in [2.24, 2.45) is 0 Å². The minimum absolute atomic E-state index is 0.704. The van der Waals surface area contributed by atoms with E-state index in [1.165, 1.54) is 0 Å². The first-order valence-electron chi connectivity index (χ1n) is 4.64. The number of aromatic nitrogens is 1. The van der Waals surface area contributed by atoms with E-state index < -0.39 is 0 Å². The second kappa shape index (κ2) is 4.50. The number of benzene rings is 1. The molecule has 15 heavy (non-hydrogen) atoms. The van der Waals surface area contributed by atoms with Crippen molar-refractivity contribution in [3.8, 4) is 5.75 Å². The highest BCUT2D eigenvalue weighted by molar-refractivity contribution is 5.46. The van der Waals surface area contributed by atoms with Crippen LogP contribution in [0.3, 0.4) is 0 Å². The third-order valence-electron chi connectivity index (χ3n) is 2.07. The number of hydrogen-bond donors (Lipinski definition) is 1. The van der Waals surface area contributed by atoms with Gasteiger partial charge in [0.05, 0.1) is 13.3 Å². The van der Waals surface area contributed by atoms with Gasteiger partial charge in [-0.05, 0) is 24.3 Å². The van der Waals surface area contributed by atoms with Crippen molar-refractivity contribution in [3.63, 3.8) is 0 Å². The number of methoxy groups -OCH3 is 1. The zero-order chi connectivity index (χ0) is 10.5. The Labute approximate surface area is 87.8 Å². The summed E-state index contributed by atoms with van der Waals surface area (Å²) in [6, 6.07) is 7.75. The predicted octanol–water partition coefficient (Wildman–Crippen LogP) is 2.30. The molecule has 1 aromatic heterocycles. The van der Waals surface area contributed by atoms with E-state index in [1.807, 2.05) is 24.3 Å². The molecule has 2 aromatic rings. The summed E-state index contributed by atoms with van der Waals surface area (Å²) in [5.74, 6) is 0.852. The largest absolute Gasteiger partial charge is 0.497 e. The molecule has 0 aliphatic heterocycles. The van der Waals surface area contributed by atoms with Gasteiger partial charge < -0.3 is 14.6 Å². The van der Waals surface area contributed by atoms with Crippen LogP contribution in [0.2, 0.25) is 0 Å². The molecular formula is C11H12N2O2. The Hall–Kier alpha value is -1.97. The second-order valence-electron chi connectivity index (χ2n) is 3.11. The maximum Gasteiger partial charge on any atom is 0.128 e. The molecule has 0 radical (unpaired) electrons. The lowest BCUT2D eigenvalue weighted by Gasteiger charge is -2.05. The molecule has 0 unspecified atom stereocenters. The van der Waals surface area contributed by atoms with E-state index >= 15 is 0 Å². The van der Waals surface area contributed by atoms with Crippen LogP contribution in [0.4, 0.5) is 5.69 Å². The van der Waals surface area contributed by atoms with Crippen molar-refractivity contribution in [1.29, 1.82) is 0 Å². The minimum atomic E-state index is 0.704. The van der Waals surface area contributed by atoms with Gasteiger partial charge >= 0.3 is 0 Å². The summed E-state index contributed by atoms with van der Waals surface area (Å²) in [6.07, 6.45) is 3.31. The monoisotopic (exact) mass is 204 g/mol. The Kier molecular flexibility index (Phi) is 2.88. The first-order valence-corrected chi connectivity index (χ1v) is 4.64. The van der Waals surface area contributed by atoms with Gasteiger partial charge in [0.2, 0.25) is 0 Å². The van der Waals surface area contributed by atoms with Gasteiger partial charge in [-0.3, -0.25) is 0 Å². The Morgan fingerprint density at radius 2 is 2.13 bits per heavy atom. The molecule has 0 aliphatic rings. The predicted molar refractivity (Wildman–Crippen MR) is 56.8 cm³/mol. The SMILES string of the molecule is COc1ccc(NCc2cnoc2)cc1. The van der Waals surface area contributed by atoms with Crippen molar-refractivity contribution in [2.45, 2.75) is 6.54 Å². The van der Waals surface area contributed by atoms with Crippen LogP contribution in [-0.4, -0.2) is 12.3 Å². The molecule has 1 aromatic carbocycles. The number of nitrogens with zero attached hydrogens (tertiary/aromatic N) is 1. The van der Waals surface area contributed by atoms with E-state index in [0.717, 1.165) is 17.0 Å². The Morgan fingerprint density at radius 1 is 1.33 bits per heavy atom. The summed E-state index contributed by atoms with van der Waals surface area (Å²) in [5.41, 5.74) is 2.06. The van der Waals surface area contributed by atoms with Crippen LogP contribution in [0.25, 0.3) is 0 Å². The van der Waals surface area contributed by atoms with Gasteiger partial charge in [0, 0.05) is 17.8 Å². The lowest BCUT2D eigenvalue weighted by Crippen LogP contribution is -1.97. The van der Waals surface area contributed by atoms with Crippen LogP contribution in [0, 0.1) is 0 Å². The lowest BCUT2D eigenvalue weighted by molar-refractivity contribution is 0.415. The van der Waals surface area contributed by atoms with Crippen molar-refractivity contribution in [3.05, 3.63) is 42.3 Å². The molecule has 0 fully saturated rings. The average Bonchev–Trinajstić information content (AvgIpc) is 2.80. The number of ether oxygens (including phenoxy) is 1. The highest BCUT2D eigenvalue weighted by Crippen LogP contribution is 2.15. The first kappa shape index (κ1) is 9.58. The van der Waals surface area contributed by atoms with Crippen molar-refractivity contribution < 1.29 is 9.26 Å². The van der Waals surface area contributed by atoms with Gasteiger partial charge in [-0.1, -0.05) is 5.16 Å². The highest BCUT2D eigenvalue weighted by atomic mass is 16.5. The summed E-state index contributed by atoms with van der Waals surface area (Å²) in [4.78, 5) is 0. The van der Waals surface area contributed by atoms with Crippen LogP contribution in [0.5, 0.6) is 5.75 Å². The molecule has 0 amide bonds. The quantitative estimate of drug-likeness (QED) is 0.830. The van der Waals surface area contributed by atoms with Gasteiger partial charge in [0.25, 0.3) is 0 Å². The molecule has 4 heteroatoms. The molecule has 0 aliphatic carbocycles. The number of hydrogen-bond acceptors (Lipinski definition) is 4. The first-order chi connectivity index (χ1) is 7.38. The third-order valence-corrected chi connectivity index (χ3v) is 2.07. The number of anilines is 1. The van der Waals surface area contributed by atoms with Crippen molar-refractivity contribution in [2.75, 3.05) is 12.4 Å². The molecule has 78 valence electrons. The average molecular weight is 204 g/mol. The molecular weight excluding hydrogens is 192 g/mol. The zero-order valence-corrected chi connectivity index (χ0v) is 8.43.